The van der Waals surface area contributed by atoms with Gasteiger partial charge in [0.05, 0.1) is 0 Å². The average Bonchev–Trinajstić information content (AvgIpc) is 2.76. The number of amides is 3. The van der Waals surface area contributed by atoms with Crippen molar-refractivity contribution in [1.82, 2.24) is 15.5 Å². The third-order valence-corrected chi connectivity index (χ3v) is 5.30. The Morgan fingerprint density at radius 3 is 2.39 bits per heavy atom. The van der Waals surface area contributed by atoms with E-state index in [1.54, 1.807) is 25.7 Å². The van der Waals surface area contributed by atoms with Gasteiger partial charge in [0.25, 0.3) is 0 Å². The molecule has 0 saturated carbocycles. The van der Waals surface area contributed by atoms with Gasteiger partial charge < -0.3 is 25.0 Å². The fourth-order valence-corrected chi connectivity index (χ4v) is 3.59. The van der Waals surface area contributed by atoms with Crippen molar-refractivity contribution in [3.05, 3.63) is 35.9 Å². The molecule has 1 heterocycles. The highest BCUT2D eigenvalue weighted by molar-refractivity contribution is 5.85. The topological polar surface area (TPSA) is 97.0 Å². The number of rotatable bonds is 3. The minimum Gasteiger partial charge on any atom is -0.445 e. The van der Waals surface area contributed by atoms with E-state index in [4.69, 9.17) is 9.47 Å². The van der Waals surface area contributed by atoms with Gasteiger partial charge in [0.2, 0.25) is 5.91 Å². The van der Waals surface area contributed by atoms with Gasteiger partial charge in [0.15, 0.2) is 0 Å². The molecule has 1 aromatic carbocycles. The van der Waals surface area contributed by atoms with Crippen LogP contribution in [-0.4, -0.2) is 54.3 Å². The summed E-state index contributed by atoms with van der Waals surface area (Å²) in [6.07, 6.45) is 4.62. The maximum Gasteiger partial charge on any atom is 0.410 e. The number of hydrogen-bond donors (Lipinski definition) is 2. The van der Waals surface area contributed by atoms with Crippen molar-refractivity contribution < 1.29 is 23.9 Å². The Hall–Kier alpha value is -2.77. The summed E-state index contributed by atoms with van der Waals surface area (Å²) in [5.74, 6) is -0.197. The highest BCUT2D eigenvalue weighted by Gasteiger charge is 2.24. The number of carbonyl (C=O) groups is 3. The second-order valence-corrected chi connectivity index (χ2v) is 9.43. The van der Waals surface area contributed by atoms with Crippen LogP contribution >= 0.6 is 0 Å². The Bertz CT molecular complexity index is 748. The van der Waals surface area contributed by atoms with Gasteiger partial charge in [0.1, 0.15) is 18.2 Å². The lowest BCUT2D eigenvalue weighted by Gasteiger charge is -2.25. The zero-order valence-corrected chi connectivity index (χ0v) is 20.2. The molecule has 0 radical (unpaired) electrons. The van der Waals surface area contributed by atoms with Gasteiger partial charge in [0, 0.05) is 19.6 Å². The smallest absolute Gasteiger partial charge is 0.410 e. The fraction of sp³-hybridized carbons (Fsp3) is 0.640. The lowest BCUT2D eigenvalue weighted by Crippen LogP contribution is -2.48. The van der Waals surface area contributed by atoms with Crippen LogP contribution in [0.4, 0.5) is 9.59 Å². The first-order valence-corrected chi connectivity index (χ1v) is 12.0. The van der Waals surface area contributed by atoms with Crippen LogP contribution in [0, 0.1) is 0 Å². The van der Waals surface area contributed by atoms with Gasteiger partial charge in [-0.2, -0.15) is 0 Å². The Balaban J connectivity index is 1.92. The molecular formula is C25H39N3O5. The molecular weight excluding hydrogens is 422 g/mol. The largest absolute Gasteiger partial charge is 0.445 e. The third kappa shape index (κ3) is 11.1. The van der Waals surface area contributed by atoms with E-state index < -0.39 is 17.7 Å². The standard InChI is InChI=1S/C25H39N3O5/c1-25(2,3)33-23(30)27-21-15-9-12-18-28(17-11-5-4-10-16-26-22(21)29)24(31)32-19-20-13-7-6-8-14-20/h6-8,13-14,21H,4-5,9-12,15-19H2,1-3H3,(H,26,29)(H,27,30). The molecule has 184 valence electrons. The highest BCUT2D eigenvalue weighted by atomic mass is 16.6. The molecule has 1 aliphatic rings. The summed E-state index contributed by atoms with van der Waals surface area (Å²) in [5.41, 5.74) is 0.318. The van der Waals surface area contributed by atoms with Crippen molar-refractivity contribution in [2.75, 3.05) is 19.6 Å². The molecule has 8 nitrogen and oxygen atoms in total. The van der Waals surface area contributed by atoms with Crippen LogP contribution in [0.15, 0.2) is 30.3 Å². The minimum absolute atomic E-state index is 0.197. The third-order valence-electron chi connectivity index (χ3n) is 5.30. The summed E-state index contributed by atoms with van der Waals surface area (Å²) in [5, 5.41) is 5.62. The minimum atomic E-state index is -0.665. The Kier molecular flexibility index (Phi) is 11.0. The van der Waals surface area contributed by atoms with Crippen molar-refractivity contribution in [2.24, 2.45) is 0 Å². The normalized spacial score (nSPS) is 19.1. The van der Waals surface area contributed by atoms with Crippen LogP contribution in [0.25, 0.3) is 0 Å². The van der Waals surface area contributed by atoms with Crippen LogP contribution in [0.1, 0.15) is 71.3 Å². The second kappa shape index (κ2) is 13.7. The summed E-state index contributed by atoms with van der Waals surface area (Å²) in [6.45, 7) is 7.36. The van der Waals surface area contributed by atoms with Gasteiger partial charge in [-0.15, -0.1) is 0 Å². The van der Waals surface area contributed by atoms with Crippen molar-refractivity contribution in [3.8, 4) is 0 Å². The number of hydrogen-bond acceptors (Lipinski definition) is 5. The molecule has 0 aliphatic carbocycles. The van der Waals surface area contributed by atoms with Gasteiger partial charge in [-0.25, -0.2) is 9.59 Å². The molecule has 1 aromatic rings. The predicted molar refractivity (Wildman–Crippen MR) is 127 cm³/mol. The Labute approximate surface area is 197 Å². The molecule has 3 amide bonds. The first-order chi connectivity index (χ1) is 15.7. The molecule has 1 fully saturated rings. The number of benzene rings is 1. The monoisotopic (exact) mass is 461 g/mol. The van der Waals surface area contributed by atoms with Crippen molar-refractivity contribution in [1.29, 1.82) is 0 Å². The highest BCUT2D eigenvalue weighted by Crippen LogP contribution is 2.12. The second-order valence-electron chi connectivity index (χ2n) is 9.43. The lowest BCUT2D eigenvalue weighted by atomic mass is 10.1. The summed E-state index contributed by atoms with van der Waals surface area (Å²) < 4.78 is 10.8. The van der Waals surface area contributed by atoms with Gasteiger partial charge in [-0.1, -0.05) is 43.2 Å². The van der Waals surface area contributed by atoms with E-state index in [-0.39, 0.29) is 18.6 Å². The maximum atomic E-state index is 12.7. The zero-order chi connectivity index (χ0) is 24.1. The number of alkyl carbamates (subject to hydrolysis) is 1. The van der Waals surface area contributed by atoms with E-state index in [0.29, 0.717) is 38.9 Å². The van der Waals surface area contributed by atoms with Crippen molar-refractivity contribution in [2.45, 2.75) is 84.0 Å². The molecule has 33 heavy (non-hydrogen) atoms. The first kappa shape index (κ1) is 26.5. The number of nitrogens with zero attached hydrogens (tertiary/aromatic N) is 1. The molecule has 1 atom stereocenters. The van der Waals surface area contributed by atoms with Gasteiger partial charge >= 0.3 is 12.2 Å². The molecule has 0 bridgehead atoms. The van der Waals surface area contributed by atoms with Crippen molar-refractivity contribution >= 4 is 18.1 Å². The van der Waals surface area contributed by atoms with Crippen LogP contribution in [-0.2, 0) is 20.9 Å². The van der Waals surface area contributed by atoms with E-state index in [1.165, 1.54) is 0 Å². The first-order valence-electron chi connectivity index (χ1n) is 12.0. The molecule has 1 unspecified atom stereocenters. The summed E-state index contributed by atoms with van der Waals surface area (Å²) in [4.78, 5) is 39.2. The molecule has 1 saturated heterocycles. The van der Waals surface area contributed by atoms with E-state index in [2.05, 4.69) is 10.6 Å². The molecule has 1 aliphatic heterocycles. The maximum absolute atomic E-state index is 12.7. The molecule has 2 rings (SSSR count). The van der Waals surface area contributed by atoms with Gasteiger partial charge in [-0.3, -0.25) is 4.79 Å². The average molecular weight is 462 g/mol. The van der Waals surface area contributed by atoms with Crippen LogP contribution in [0.3, 0.4) is 0 Å². The summed E-state index contributed by atoms with van der Waals surface area (Å²) >= 11 is 0. The SMILES string of the molecule is CC(C)(C)OC(=O)NC1CCCCN(C(=O)OCc2ccccc2)CCCCCCNC1=O. The van der Waals surface area contributed by atoms with Crippen molar-refractivity contribution in [3.63, 3.8) is 0 Å². The molecule has 0 aromatic heterocycles. The molecule has 0 spiro atoms. The molecule has 8 heteroatoms. The Morgan fingerprint density at radius 2 is 1.70 bits per heavy atom. The predicted octanol–water partition coefficient (Wildman–Crippen LogP) is 4.38. The van der Waals surface area contributed by atoms with Crippen LogP contribution in [0.2, 0.25) is 0 Å². The van der Waals surface area contributed by atoms with Gasteiger partial charge in [-0.05, 0) is 58.4 Å². The summed E-state index contributed by atoms with van der Waals surface area (Å²) in [6, 6.07) is 8.96. The number of ether oxygens (including phenoxy) is 2. The zero-order valence-electron chi connectivity index (χ0n) is 20.2. The van der Waals surface area contributed by atoms with E-state index >= 15 is 0 Å². The number of nitrogens with one attached hydrogen (secondary N) is 2. The summed E-state index contributed by atoms with van der Waals surface area (Å²) in [7, 11) is 0. The fourth-order valence-electron chi connectivity index (χ4n) is 3.59. The van der Waals surface area contributed by atoms with E-state index in [1.807, 2.05) is 30.3 Å². The van der Waals surface area contributed by atoms with Crippen LogP contribution < -0.4 is 10.6 Å². The van der Waals surface area contributed by atoms with E-state index in [0.717, 1.165) is 31.2 Å². The Morgan fingerprint density at radius 1 is 1.03 bits per heavy atom. The van der Waals surface area contributed by atoms with Crippen LogP contribution in [0.5, 0.6) is 0 Å². The molecule has 2 N–H and O–H groups in total. The quantitative estimate of drug-likeness (QED) is 0.696. The van der Waals surface area contributed by atoms with E-state index in [9.17, 15) is 14.4 Å². The number of carbonyl (C=O) groups excluding carboxylic acids is 3. The lowest BCUT2D eigenvalue weighted by molar-refractivity contribution is -0.123.